The molecule has 0 unspecified atom stereocenters. The third-order valence-corrected chi connectivity index (χ3v) is 6.46. The van der Waals surface area contributed by atoms with Crippen LogP contribution in [0.15, 0.2) is 109 Å². The maximum Gasteiger partial charge on any atom is 0.319 e. The van der Waals surface area contributed by atoms with Crippen molar-refractivity contribution < 1.29 is 24.3 Å². The van der Waals surface area contributed by atoms with Crippen molar-refractivity contribution in [3.8, 4) is 0 Å². The zero-order chi connectivity index (χ0) is 29.7. The second kappa shape index (κ2) is 14.8. The zero-order valence-corrected chi connectivity index (χ0v) is 23.0. The van der Waals surface area contributed by atoms with Crippen molar-refractivity contribution in [1.82, 2.24) is 10.6 Å². The normalized spacial score (nSPS) is 10.4. The number of urea groups is 1. The number of aryl methyl sites for hydroxylation is 1. The van der Waals surface area contributed by atoms with E-state index in [-0.39, 0.29) is 43.8 Å². The molecule has 4 aromatic rings. The highest BCUT2D eigenvalue weighted by molar-refractivity contribution is 6.09. The number of anilines is 2. The SMILES string of the molecule is O=C(O)CCc1ccccc1N(CC(=O)NCc1ccc(NC(=O)NCc2ccccc2)cc1)C(=O)c1ccccc1. The van der Waals surface area contributed by atoms with Crippen LogP contribution in [0.2, 0.25) is 0 Å². The summed E-state index contributed by atoms with van der Waals surface area (Å²) in [7, 11) is 0. The highest BCUT2D eigenvalue weighted by Crippen LogP contribution is 2.24. The van der Waals surface area contributed by atoms with Gasteiger partial charge in [0.2, 0.25) is 5.91 Å². The first kappa shape index (κ1) is 29.5. The number of carboxylic acids is 1. The van der Waals surface area contributed by atoms with Crippen molar-refractivity contribution in [2.45, 2.75) is 25.9 Å². The quantitative estimate of drug-likeness (QED) is 0.193. The minimum Gasteiger partial charge on any atom is -0.481 e. The van der Waals surface area contributed by atoms with Gasteiger partial charge in [-0.3, -0.25) is 19.3 Å². The standard InChI is InChI=1S/C33H32N4O5/c38-30(34-21-25-15-18-28(19-16-25)36-33(42)35-22-24-9-3-1-4-10-24)23-37(32(41)27-12-5-2-6-13-27)29-14-8-7-11-26(29)17-20-31(39)40/h1-16,18-19H,17,20-23H2,(H,34,38)(H,39,40)(H2,35,36,42). The van der Waals surface area contributed by atoms with Gasteiger partial charge in [-0.2, -0.15) is 0 Å². The molecule has 4 N–H and O–H groups in total. The van der Waals surface area contributed by atoms with Crippen LogP contribution >= 0.6 is 0 Å². The highest BCUT2D eigenvalue weighted by Gasteiger charge is 2.23. The molecule has 0 aliphatic carbocycles. The Bertz CT molecular complexity index is 1510. The summed E-state index contributed by atoms with van der Waals surface area (Å²) >= 11 is 0. The Morgan fingerprint density at radius 3 is 1.95 bits per heavy atom. The maximum absolute atomic E-state index is 13.5. The van der Waals surface area contributed by atoms with E-state index in [0.29, 0.717) is 29.0 Å². The summed E-state index contributed by atoms with van der Waals surface area (Å²) in [5.41, 5.74) is 3.96. The third-order valence-electron chi connectivity index (χ3n) is 6.46. The first-order chi connectivity index (χ1) is 20.4. The summed E-state index contributed by atoms with van der Waals surface area (Å²) < 4.78 is 0. The van der Waals surface area contributed by atoms with Crippen molar-refractivity contribution in [1.29, 1.82) is 0 Å². The molecule has 0 saturated heterocycles. The number of benzene rings is 4. The predicted octanol–water partition coefficient (Wildman–Crippen LogP) is 4.99. The Morgan fingerprint density at radius 2 is 1.26 bits per heavy atom. The van der Waals surface area contributed by atoms with E-state index in [4.69, 9.17) is 0 Å². The van der Waals surface area contributed by atoms with Crippen molar-refractivity contribution in [3.05, 3.63) is 131 Å². The Labute approximate surface area is 244 Å². The number of carbonyl (C=O) groups excluding carboxylic acids is 3. The van der Waals surface area contributed by atoms with Crippen molar-refractivity contribution in [2.75, 3.05) is 16.8 Å². The van der Waals surface area contributed by atoms with E-state index >= 15 is 0 Å². The number of amides is 4. The molecule has 214 valence electrons. The number of aliphatic carboxylic acids is 1. The van der Waals surface area contributed by atoms with Crippen LogP contribution in [-0.2, 0) is 29.1 Å². The van der Waals surface area contributed by atoms with Crippen LogP contribution in [0.25, 0.3) is 0 Å². The van der Waals surface area contributed by atoms with Gasteiger partial charge in [0, 0.05) is 36.4 Å². The number of hydrogen-bond donors (Lipinski definition) is 4. The number of carboxylic acid groups (broad SMARTS) is 1. The number of nitrogens with zero attached hydrogens (tertiary/aromatic N) is 1. The fraction of sp³-hybridized carbons (Fsp3) is 0.152. The summed E-state index contributed by atoms with van der Waals surface area (Å²) in [5.74, 6) is -1.69. The molecule has 0 aliphatic rings. The van der Waals surface area contributed by atoms with Crippen LogP contribution in [0, 0.1) is 0 Å². The molecular weight excluding hydrogens is 532 g/mol. The van der Waals surface area contributed by atoms with Crippen molar-refractivity contribution >= 4 is 35.2 Å². The molecule has 0 saturated carbocycles. The number of para-hydroxylation sites is 1. The van der Waals surface area contributed by atoms with Gasteiger partial charge in [0.05, 0.1) is 0 Å². The van der Waals surface area contributed by atoms with Crippen LogP contribution in [0.5, 0.6) is 0 Å². The molecule has 0 aliphatic heterocycles. The predicted molar refractivity (Wildman–Crippen MR) is 161 cm³/mol. The van der Waals surface area contributed by atoms with Crippen LogP contribution < -0.4 is 20.9 Å². The lowest BCUT2D eigenvalue weighted by atomic mass is 10.1. The van der Waals surface area contributed by atoms with Gasteiger partial charge in [0.25, 0.3) is 5.91 Å². The first-order valence-electron chi connectivity index (χ1n) is 13.5. The molecular formula is C33H32N4O5. The minimum absolute atomic E-state index is 0.101. The van der Waals surface area contributed by atoms with Crippen LogP contribution in [0.1, 0.15) is 33.5 Å². The second-order valence-corrected chi connectivity index (χ2v) is 9.55. The summed E-state index contributed by atoms with van der Waals surface area (Å²) in [6.45, 7) is 0.372. The lowest BCUT2D eigenvalue weighted by Gasteiger charge is -2.25. The molecule has 9 heteroatoms. The molecule has 0 fully saturated rings. The van der Waals surface area contributed by atoms with E-state index < -0.39 is 5.97 Å². The Hall–Kier alpha value is -5.44. The number of carbonyl (C=O) groups is 4. The van der Waals surface area contributed by atoms with Gasteiger partial charge >= 0.3 is 12.0 Å². The Kier molecular flexibility index (Phi) is 10.4. The van der Waals surface area contributed by atoms with Crippen LogP contribution in [0.3, 0.4) is 0 Å². The lowest BCUT2D eigenvalue weighted by molar-refractivity contribution is -0.137. The van der Waals surface area contributed by atoms with Gasteiger partial charge in [0.15, 0.2) is 0 Å². The monoisotopic (exact) mass is 564 g/mol. The second-order valence-electron chi connectivity index (χ2n) is 9.55. The maximum atomic E-state index is 13.5. The smallest absolute Gasteiger partial charge is 0.319 e. The van der Waals surface area contributed by atoms with E-state index in [1.165, 1.54) is 4.90 Å². The highest BCUT2D eigenvalue weighted by atomic mass is 16.4. The molecule has 0 aromatic heterocycles. The third kappa shape index (κ3) is 8.79. The fourth-order valence-corrected chi connectivity index (χ4v) is 4.29. The summed E-state index contributed by atoms with van der Waals surface area (Å²) in [5, 5.41) is 17.6. The topological polar surface area (TPSA) is 128 Å². The fourth-order valence-electron chi connectivity index (χ4n) is 4.29. The summed E-state index contributed by atoms with van der Waals surface area (Å²) in [4.78, 5) is 51.3. The van der Waals surface area contributed by atoms with Gasteiger partial charge < -0.3 is 21.1 Å². The van der Waals surface area contributed by atoms with Gasteiger partial charge in [-0.25, -0.2) is 4.79 Å². The summed E-state index contributed by atoms with van der Waals surface area (Å²) in [6, 6.07) is 32.0. The number of rotatable bonds is 12. The molecule has 0 radical (unpaired) electrons. The van der Waals surface area contributed by atoms with E-state index in [1.54, 1.807) is 78.9 Å². The number of nitrogens with one attached hydrogen (secondary N) is 3. The van der Waals surface area contributed by atoms with Crippen molar-refractivity contribution in [3.63, 3.8) is 0 Å². The Balaban J connectivity index is 1.37. The van der Waals surface area contributed by atoms with Gasteiger partial charge in [-0.1, -0.05) is 78.9 Å². The molecule has 0 bridgehead atoms. The van der Waals surface area contributed by atoms with Crippen LogP contribution in [0.4, 0.5) is 16.2 Å². The Morgan fingerprint density at radius 1 is 0.667 bits per heavy atom. The van der Waals surface area contributed by atoms with E-state index in [2.05, 4.69) is 16.0 Å². The summed E-state index contributed by atoms with van der Waals surface area (Å²) in [6.07, 6.45) is 0.118. The minimum atomic E-state index is -0.947. The zero-order valence-electron chi connectivity index (χ0n) is 23.0. The number of hydrogen-bond acceptors (Lipinski definition) is 4. The molecule has 4 amide bonds. The average molecular weight is 565 g/mol. The molecule has 9 nitrogen and oxygen atoms in total. The largest absolute Gasteiger partial charge is 0.481 e. The van der Waals surface area contributed by atoms with E-state index in [9.17, 15) is 24.3 Å². The molecule has 4 rings (SSSR count). The van der Waals surface area contributed by atoms with E-state index in [0.717, 1.165) is 11.1 Å². The molecule has 0 spiro atoms. The van der Waals surface area contributed by atoms with Crippen LogP contribution in [-0.4, -0.2) is 35.5 Å². The van der Waals surface area contributed by atoms with Crippen molar-refractivity contribution in [2.24, 2.45) is 0 Å². The molecule has 4 aromatic carbocycles. The molecule has 0 heterocycles. The lowest BCUT2D eigenvalue weighted by Crippen LogP contribution is -2.41. The molecule has 0 atom stereocenters. The average Bonchev–Trinajstić information content (AvgIpc) is 3.02. The van der Waals surface area contributed by atoms with Gasteiger partial charge in [-0.05, 0) is 53.4 Å². The van der Waals surface area contributed by atoms with Gasteiger partial charge in [-0.15, -0.1) is 0 Å². The van der Waals surface area contributed by atoms with Gasteiger partial charge in [0.1, 0.15) is 6.54 Å². The van der Waals surface area contributed by atoms with E-state index in [1.807, 2.05) is 30.3 Å². The molecule has 42 heavy (non-hydrogen) atoms. The first-order valence-corrected chi connectivity index (χ1v) is 13.5.